The zero-order chi connectivity index (χ0) is 15.0. The fraction of sp³-hybridized carbons (Fsp3) is 0.750. The number of urea groups is 1. The van der Waals surface area contributed by atoms with Crippen LogP contribution in [0.25, 0.3) is 0 Å². The molecule has 21 heavy (non-hydrogen) atoms. The normalized spacial score (nSPS) is 27.7. The van der Waals surface area contributed by atoms with E-state index in [1.165, 1.54) is 4.80 Å². The predicted molar refractivity (Wildman–Crippen MR) is 71.4 cm³/mol. The van der Waals surface area contributed by atoms with Crippen LogP contribution in [0.3, 0.4) is 0 Å². The number of anilines is 1. The Morgan fingerprint density at radius 3 is 2.52 bits per heavy atom. The minimum atomic E-state index is -0.763. The lowest BCUT2D eigenvalue weighted by molar-refractivity contribution is -0.138. The van der Waals surface area contributed by atoms with Gasteiger partial charge in [0.05, 0.1) is 7.05 Å². The van der Waals surface area contributed by atoms with Crippen LogP contribution in [0.4, 0.5) is 10.7 Å². The Labute approximate surface area is 121 Å². The number of carboxylic acid groups (broad SMARTS) is 1. The molecule has 2 unspecified atom stereocenters. The summed E-state index contributed by atoms with van der Waals surface area (Å²) in [6.45, 7) is 0. The second-order valence-electron chi connectivity index (χ2n) is 5.76. The second-order valence-corrected chi connectivity index (χ2v) is 5.76. The van der Waals surface area contributed by atoms with Gasteiger partial charge in [-0.1, -0.05) is 5.10 Å². The fourth-order valence-electron chi connectivity index (χ4n) is 3.53. The highest BCUT2D eigenvalue weighted by atomic mass is 16.4. The molecule has 114 valence electrons. The van der Waals surface area contributed by atoms with Crippen LogP contribution in [0.15, 0.2) is 0 Å². The number of hydrogen-bond donors (Lipinski definition) is 2. The highest BCUT2D eigenvalue weighted by Gasteiger charge is 2.43. The van der Waals surface area contributed by atoms with Crippen LogP contribution in [0.2, 0.25) is 0 Å². The molecule has 1 aromatic rings. The molecule has 0 saturated carbocycles. The molecule has 2 atom stereocenters. The molecule has 2 saturated heterocycles. The highest BCUT2D eigenvalue weighted by Crippen LogP contribution is 2.40. The SMILES string of the molecule is Cn1nnc(NC(=O)N2C3CCC2CC(CC(=O)O)C3)n1. The molecular formula is C12H18N6O3. The molecule has 2 fully saturated rings. The van der Waals surface area contributed by atoms with Gasteiger partial charge in [-0.2, -0.15) is 4.80 Å². The molecule has 0 spiro atoms. The van der Waals surface area contributed by atoms with E-state index in [2.05, 4.69) is 20.7 Å². The Morgan fingerprint density at radius 1 is 1.33 bits per heavy atom. The van der Waals surface area contributed by atoms with Gasteiger partial charge in [-0.05, 0) is 36.8 Å². The summed E-state index contributed by atoms with van der Waals surface area (Å²) in [7, 11) is 1.63. The van der Waals surface area contributed by atoms with Crippen molar-refractivity contribution in [2.45, 2.75) is 44.2 Å². The van der Waals surface area contributed by atoms with E-state index in [9.17, 15) is 9.59 Å². The van der Waals surface area contributed by atoms with E-state index < -0.39 is 5.97 Å². The second kappa shape index (κ2) is 5.30. The average Bonchev–Trinajstić information content (AvgIpc) is 2.91. The number of aromatic nitrogens is 4. The summed E-state index contributed by atoms with van der Waals surface area (Å²) in [6.07, 6.45) is 3.56. The monoisotopic (exact) mass is 294 g/mol. The van der Waals surface area contributed by atoms with E-state index in [4.69, 9.17) is 5.11 Å². The first-order valence-electron chi connectivity index (χ1n) is 7.08. The van der Waals surface area contributed by atoms with E-state index in [0.29, 0.717) is 0 Å². The molecule has 0 radical (unpaired) electrons. The molecule has 2 aliphatic heterocycles. The molecule has 1 aromatic heterocycles. The maximum atomic E-state index is 12.3. The Bertz CT molecular complexity index is 545. The van der Waals surface area contributed by atoms with E-state index >= 15 is 0 Å². The van der Waals surface area contributed by atoms with Crippen molar-refractivity contribution < 1.29 is 14.7 Å². The number of amides is 2. The van der Waals surface area contributed by atoms with Gasteiger partial charge in [-0.15, -0.1) is 5.10 Å². The Morgan fingerprint density at radius 2 is 2.00 bits per heavy atom. The summed E-state index contributed by atoms with van der Waals surface area (Å²) >= 11 is 0. The molecule has 2 N–H and O–H groups in total. The highest BCUT2D eigenvalue weighted by molar-refractivity contribution is 5.88. The van der Waals surface area contributed by atoms with Gasteiger partial charge in [0.2, 0.25) is 0 Å². The van der Waals surface area contributed by atoms with Gasteiger partial charge in [0.15, 0.2) is 0 Å². The van der Waals surface area contributed by atoms with Gasteiger partial charge in [0.25, 0.3) is 5.95 Å². The van der Waals surface area contributed by atoms with Gasteiger partial charge in [-0.3, -0.25) is 10.1 Å². The van der Waals surface area contributed by atoms with Crippen LogP contribution in [0.1, 0.15) is 32.1 Å². The van der Waals surface area contributed by atoms with Gasteiger partial charge >= 0.3 is 12.0 Å². The Hall–Kier alpha value is -2.19. The standard InChI is InChI=1S/C12H18N6O3/c1-17-15-11(14-16-17)13-12(21)18-8-2-3-9(18)5-7(4-8)6-10(19)20/h7-9H,2-6H2,1H3,(H,19,20)(H,13,15,21). The lowest BCUT2D eigenvalue weighted by Crippen LogP contribution is -2.48. The molecule has 0 aliphatic carbocycles. The van der Waals surface area contributed by atoms with Crippen LogP contribution in [-0.2, 0) is 11.8 Å². The first-order chi connectivity index (χ1) is 10.0. The van der Waals surface area contributed by atoms with Crippen LogP contribution >= 0.6 is 0 Å². The average molecular weight is 294 g/mol. The Kier molecular flexibility index (Phi) is 3.48. The molecule has 3 heterocycles. The molecule has 2 aliphatic rings. The van der Waals surface area contributed by atoms with Gasteiger partial charge in [0, 0.05) is 18.5 Å². The van der Waals surface area contributed by atoms with Crippen LogP contribution in [-0.4, -0.2) is 54.3 Å². The number of aryl methyl sites for hydroxylation is 1. The van der Waals surface area contributed by atoms with Crippen molar-refractivity contribution in [3.05, 3.63) is 0 Å². The van der Waals surface area contributed by atoms with Gasteiger partial charge in [-0.25, -0.2) is 4.79 Å². The number of aliphatic carboxylic acids is 1. The topological polar surface area (TPSA) is 113 Å². The van der Waals surface area contributed by atoms with Crippen molar-refractivity contribution in [1.29, 1.82) is 0 Å². The smallest absolute Gasteiger partial charge is 0.324 e. The zero-order valence-corrected chi connectivity index (χ0v) is 11.8. The van der Waals surface area contributed by atoms with Crippen molar-refractivity contribution in [3.63, 3.8) is 0 Å². The summed E-state index contributed by atoms with van der Waals surface area (Å²) in [5, 5.41) is 22.9. The molecule has 9 heteroatoms. The fourth-order valence-corrected chi connectivity index (χ4v) is 3.53. The van der Waals surface area contributed by atoms with Crippen LogP contribution in [0.5, 0.6) is 0 Å². The summed E-state index contributed by atoms with van der Waals surface area (Å²) in [5.41, 5.74) is 0. The summed E-state index contributed by atoms with van der Waals surface area (Å²) < 4.78 is 0. The minimum Gasteiger partial charge on any atom is -0.481 e. The molecule has 9 nitrogen and oxygen atoms in total. The lowest BCUT2D eigenvalue weighted by Gasteiger charge is -2.38. The maximum Gasteiger partial charge on any atom is 0.324 e. The maximum absolute atomic E-state index is 12.3. The molecular weight excluding hydrogens is 276 g/mol. The number of nitrogens with zero attached hydrogens (tertiary/aromatic N) is 5. The number of carbonyl (C=O) groups is 2. The van der Waals surface area contributed by atoms with E-state index in [0.717, 1.165) is 25.7 Å². The number of fused-ring (bicyclic) bond motifs is 2. The lowest BCUT2D eigenvalue weighted by atomic mass is 9.88. The van der Waals surface area contributed by atoms with Crippen molar-refractivity contribution in [2.24, 2.45) is 13.0 Å². The van der Waals surface area contributed by atoms with Crippen LogP contribution in [0, 0.1) is 5.92 Å². The third kappa shape index (κ3) is 2.81. The number of piperidine rings is 1. The summed E-state index contributed by atoms with van der Waals surface area (Å²) in [5.74, 6) is -0.408. The summed E-state index contributed by atoms with van der Waals surface area (Å²) in [6, 6.07) is 0.0128. The van der Waals surface area contributed by atoms with Crippen molar-refractivity contribution in [2.75, 3.05) is 5.32 Å². The molecule has 0 aromatic carbocycles. The third-order valence-corrected chi connectivity index (χ3v) is 4.26. The number of rotatable bonds is 3. The molecule has 2 amide bonds. The van der Waals surface area contributed by atoms with E-state index in [1.807, 2.05) is 4.90 Å². The quantitative estimate of drug-likeness (QED) is 0.837. The minimum absolute atomic E-state index is 0.116. The van der Waals surface area contributed by atoms with Crippen molar-refractivity contribution in [3.8, 4) is 0 Å². The number of nitrogens with one attached hydrogen (secondary N) is 1. The summed E-state index contributed by atoms with van der Waals surface area (Å²) in [4.78, 5) is 26.3. The first-order valence-corrected chi connectivity index (χ1v) is 7.08. The van der Waals surface area contributed by atoms with Gasteiger partial charge < -0.3 is 10.0 Å². The van der Waals surface area contributed by atoms with Crippen molar-refractivity contribution >= 4 is 17.9 Å². The Balaban J connectivity index is 1.64. The third-order valence-electron chi connectivity index (χ3n) is 4.26. The van der Waals surface area contributed by atoms with E-state index in [-0.39, 0.29) is 36.4 Å². The largest absolute Gasteiger partial charge is 0.481 e. The number of carbonyl (C=O) groups excluding carboxylic acids is 1. The first kappa shape index (κ1) is 13.8. The zero-order valence-electron chi connectivity index (χ0n) is 11.8. The van der Waals surface area contributed by atoms with Crippen LogP contribution < -0.4 is 5.32 Å². The number of tetrazole rings is 1. The number of hydrogen-bond acceptors (Lipinski definition) is 5. The van der Waals surface area contributed by atoms with Gasteiger partial charge in [0.1, 0.15) is 0 Å². The number of carboxylic acids is 1. The molecule has 2 bridgehead atoms. The van der Waals surface area contributed by atoms with E-state index in [1.54, 1.807) is 7.05 Å². The van der Waals surface area contributed by atoms with Crippen molar-refractivity contribution in [1.82, 2.24) is 25.1 Å². The predicted octanol–water partition coefficient (Wildman–Crippen LogP) is 0.460. The molecule has 3 rings (SSSR count).